The van der Waals surface area contributed by atoms with Crippen molar-refractivity contribution in [2.24, 2.45) is 0 Å². The molecule has 0 radical (unpaired) electrons. The van der Waals surface area contributed by atoms with Crippen LogP contribution in [0.15, 0.2) is 29.1 Å². The molecule has 1 aromatic heterocycles. The summed E-state index contributed by atoms with van der Waals surface area (Å²) in [6, 6.07) is 1.92. The molecule has 1 fully saturated rings. The second-order valence-electron chi connectivity index (χ2n) is 5.15. The molecule has 1 aromatic rings. The Morgan fingerprint density at radius 1 is 1.36 bits per heavy atom. The van der Waals surface area contributed by atoms with Gasteiger partial charge in [-0.1, -0.05) is 6.58 Å². The van der Waals surface area contributed by atoms with E-state index in [1.165, 1.54) is 24.6 Å². The zero-order valence-electron chi connectivity index (χ0n) is 13.0. The van der Waals surface area contributed by atoms with Gasteiger partial charge in [-0.2, -0.15) is 0 Å². The third kappa shape index (κ3) is 4.77. The summed E-state index contributed by atoms with van der Waals surface area (Å²) in [7, 11) is 0. The van der Waals surface area contributed by atoms with Gasteiger partial charge in [0.05, 0.1) is 4.91 Å². The molecular formula is C15H22N6S. The third-order valence-corrected chi connectivity index (χ3v) is 4.08. The van der Waals surface area contributed by atoms with Crippen molar-refractivity contribution in [2.45, 2.75) is 33.1 Å². The monoisotopic (exact) mass is 318 g/mol. The minimum Gasteiger partial charge on any atom is -0.387 e. The minimum atomic E-state index is 0.524. The fraction of sp³-hybridized carbons (Fsp3) is 0.400. The van der Waals surface area contributed by atoms with Gasteiger partial charge in [-0.3, -0.25) is 0 Å². The Kier molecular flexibility index (Phi) is 5.83. The van der Waals surface area contributed by atoms with Crippen LogP contribution in [0.4, 0.5) is 5.95 Å². The largest absolute Gasteiger partial charge is 0.387 e. The zero-order valence-corrected chi connectivity index (χ0v) is 13.8. The number of hydrogen-bond acceptors (Lipinski definition) is 7. The molecule has 1 aliphatic heterocycles. The topological polar surface area (TPSA) is 85.7 Å². The van der Waals surface area contributed by atoms with Crippen molar-refractivity contribution in [1.82, 2.24) is 20.0 Å². The average molecular weight is 318 g/mol. The molecule has 1 aliphatic rings. The molecule has 0 unspecified atom stereocenters. The highest BCUT2D eigenvalue weighted by Crippen LogP contribution is 2.21. The highest BCUT2D eigenvalue weighted by molar-refractivity contribution is 8.02. The third-order valence-electron chi connectivity index (χ3n) is 3.15. The number of nitrogens with zero attached hydrogens (tertiary/aromatic N) is 2. The van der Waals surface area contributed by atoms with Crippen LogP contribution < -0.4 is 15.4 Å². The van der Waals surface area contributed by atoms with E-state index >= 15 is 0 Å². The molecule has 0 spiro atoms. The van der Waals surface area contributed by atoms with Crippen LogP contribution in [-0.4, -0.2) is 22.7 Å². The maximum Gasteiger partial charge on any atom is 0.228 e. The normalized spacial score (nSPS) is 16.5. The van der Waals surface area contributed by atoms with Crippen molar-refractivity contribution in [3.8, 4) is 0 Å². The number of hydrogen-bond donors (Lipinski definition) is 4. The SMILES string of the molecule is C=C(NS/C(C=N)=C1\CCCCN1)Nc1nc(C)cc(C)n1. The number of nitrogens with one attached hydrogen (secondary N) is 4. The molecule has 6 nitrogen and oxygen atoms in total. The van der Waals surface area contributed by atoms with Crippen molar-refractivity contribution in [3.63, 3.8) is 0 Å². The summed E-state index contributed by atoms with van der Waals surface area (Å²) in [5.74, 6) is 1.11. The summed E-state index contributed by atoms with van der Waals surface area (Å²) in [6.45, 7) is 8.75. The number of anilines is 1. The van der Waals surface area contributed by atoms with Crippen LogP contribution >= 0.6 is 11.9 Å². The average Bonchev–Trinajstić information content (AvgIpc) is 2.48. The quantitative estimate of drug-likeness (QED) is 0.477. The van der Waals surface area contributed by atoms with E-state index in [0.717, 1.165) is 41.4 Å². The Bertz CT molecular complexity index is 567. The number of allylic oxidation sites excluding steroid dienone is 2. The first kappa shape index (κ1) is 16.4. The first-order chi connectivity index (χ1) is 10.6. The summed E-state index contributed by atoms with van der Waals surface area (Å²) in [4.78, 5) is 9.50. The van der Waals surface area contributed by atoms with Crippen molar-refractivity contribution in [1.29, 1.82) is 5.41 Å². The van der Waals surface area contributed by atoms with E-state index in [9.17, 15) is 0 Å². The molecule has 2 heterocycles. The number of rotatable bonds is 6. The summed E-state index contributed by atoms with van der Waals surface area (Å²) < 4.78 is 3.10. The first-order valence-corrected chi connectivity index (χ1v) is 8.08. The van der Waals surface area contributed by atoms with Crippen molar-refractivity contribution in [3.05, 3.63) is 40.5 Å². The molecule has 118 valence electrons. The van der Waals surface area contributed by atoms with Gasteiger partial charge in [0.1, 0.15) is 5.82 Å². The second kappa shape index (κ2) is 7.84. The predicted octanol–water partition coefficient (Wildman–Crippen LogP) is 2.85. The van der Waals surface area contributed by atoms with E-state index in [4.69, 9.17) is 5.41 Å². The van der Waals surface area contributed by atoms with Crippen LogP contribution in [0.3, 0.4) is 0 Å². The van der Waals surface area contributed by atoms with Gasteiger partial charge in [-0.25, -0.2) is 9.97 Å². The first-order valence-electron chi connectivity index (χ1n) is 7.27. The summed E-state index contributed by atoms with van der Waals surface area (Å²) >= 11 is 1.37. The molecule has 0 aromatic carbocycles. The highest BCUT2D eigenvalue weighted by Gasteiger charge is 2.10. The zero-order chi connectivity index (χ0) is 15.9. The van der Waals surface area contributed by atoms with Gasteiger partial charge in [0.2, 0.25) is 5.95 Å². The van der Waals surface area contributed by atoms with E-state index in [1.54, 1.807) is 0 Å². The second-order valence-corrected chi connectivity index (χ2v) is 6.00. The molecular weight excluding hydrogens is 296 g/mol. The van der Waals surface area contributed by atoms with Crippen LogP contribution in [0, 0.1) is 19.3 Å². The van der Waals surface area contributed by atoms with Gasteiger partial charge in [-0.05, 0) is 51.1 Å². The Balaban J connectivity index is 1.92. The lowest BCUT2D eigenvalue weighted by molar-refractivity contribution is 0.588. The fourth-order valence-electron chi connectivity index (χ4n) is 2.20. The molecule has 22 heavy (non-hydrogen) atoms. The molecule has 7 heteroatoms. The molecule has 0 amide bonds. The molecule has 0 saturated carbocycles. The van der Waals surface area contributed by atoms with Crippen molar-refractivity contribution < 1.29 is 0 Å². The van der Waals surface area contributed by atoms with E-state index in [2.05, 4.69) is 31.9 Å². The molecule has 0 atom stereocenters. The van der Waals surface area contributed by atoms with Crippen LogP contribution in [0.1, 0.15) is 30.7 Å². The lowest BCUT2D eigenvalue weighted by atomic mass is 10.1. The van der Waals surface area contributed by atoms with E-state index < -0.39 is 0 Å². The van der Waals surface area contributed by atoms with Gasteiger partial charge >= 0.3 is 0 Å². The lowest BCUT2D eigenvalue weighted by Crippen LogP contribution is -2.22. The number of piperidine rings is 1. The van der Waals surface area contributed by atoms with Crippen LogP contribution in [-0.2, 0) is 0 Å². The van der Waals surface area contributed by atoms with Crippen LogP contribution in [0.25, 0.3) is 0 Å². The summed E-state index contributed by atoms with van der Waals surface area (Å²) in [5, 5.41) is 13.9. The Morgan fingerprint density at radius 2 is 2.09 bits per heavy atom. The molecule has 1 saturated heterocycles. The van der Waals surface area contributed by atoms with Gasteiger partial charge < -0.3 is 20.8 Å². The number of aryl methyl sites for hydroxylation is 2. The fourth-order valence-corrected chi connectivity index (χ4v) is 2.84. The Hall–Kier alpha value is -2.02. The minimum absolute atomic E-state index is 0.524. The Labute approximate surface area is 135 Å². The molecule has 0 bridgehead atoms. The van der Waals surface area contributed by atoms with Gasteiger partial charge in [-0.15, -0.1) is 0 Å². The van der Waals surface area contributed by atoms with Crippen molar-refractivity contribution >= 4 is 24.1 Å². The highest BCUT2D eigenvalue weighted by atomic mass is 32.2. The molecule has 0 aliphatic carbocycles. The van der Waals surface area contributed by atoms with Gasteiger partial charge in [0.25, 0.3) is 0 Å². The van der Waals surface area contributed by atoms with E-state index in [-0.39, 0.29) is 0 Å². The van der Waals surface area contributed by atoms with Crippen LogP contribution in [0.5, 0.6) is 0 Å². The summed E-state index contributed by atoms with van der Waals surface area (Å²) in [5.41, 5.74) is 2.93. The van der Waals surface area contributed by atoms with Crippen molar-refractivity contribution in [2.75, 3.05) is 11.9 Å². The predicted molar refractivity (Wildman–Crippen MR) is 92.7 cm³/mol. The van der Waals surface area contributed by atoms with E-state index in [1.807, 2.05) is 19.9 Å². The van der Waals surface area contributed by atoms with E-state index in [0.29, 0.717) is 11.8 Å². The maximum absolute atomic E-state index is 7.56. The maximum atomic E-state index is 7.56. The Morgan fingerprint density at radius 3 is 2.68 bits per heavy atom. The van der Waals surface area contributed by atoms with Gasteiger partial charge in [0.15, 0.2) is 0 Å². The number of aromatic nitrogens is 2. The standard InChI is InChI=1S/C15H22N6S/c1-10-8-11(2)19-15(18-10)20-12(3)21-22-14(9-16)13-6-4-5-7-17-13/h8-9,16-17,21H,3-7H2,1-2H3,(H,18,19,20)/b14-13+,16-9?. The molecule has 4 N–H and O–H groups in total. The summed E-state index contributed by atoms with van der Waals surface area (Å²) in [6.07, 6.45) is 4.70. The smallest absolute Gasteiger partial charge is 0.228 e. The van der Waals surface area contributed by atoms with Gasteiger partial charge in [0, 0.05) is 29.8 Å². The molecule has 2 rings (SSSR count). The van der Waals surface area contributed by atoms with Crippen LogP contribution in [0.2, 0.25) is 0 Å². The lowest BCUT2D eigenvalue weighted by Gasteiger charge is -2.19.